The summed E-state index contributed by atoms with van der Waals surface area (Å²) < 4.78 is 6.37. The molecule has 0 aliphatic heterocycles. The monoisotopic (exact) mass is 441 g/mol. The normalized spacial score (nSPS) is 10.7. The van der Waals surface area contributed by atoms with Gasteiger partial charge in [-0.2, -0.15) is 9.67 Å². The molecule has 0 aliphatic carbocycles. The van der Waals surface area contributed by atoms with Gasteiger partial charge in [-0.3, -0.25) is 4.79 Å². The van der Waals surface area contributed by atoms with E-state index in [-0.39, 0.29) is 17.7 Å². The Kier molecular flexibility index (Phi) is 6.02. The number of furan rings is 1. The summed E-state index contributed by atoms with van der Waals surface area (Å²) in [7, 11) is 0. The van der Waals surface area contributed by atoms with Crippen LogP contribution < -0.4 is 10.6 Å². The zero-order chi connectivity index (χ0) is 20.9. The average Bonchev–Trinajstić information content (AvgIpc) is 3.42. The van der Waals surface area contributed by atoms with Crippen molar-refractivity contribution in [3.8, 4) is 0 Å². The van der Waals surface area contributed by atoms with Gasteiger partial charge >= 0.3 is 5.91 Å². The van der Waals surface area contributed by atoms with E-state index >= 15 is 0 Å². The first kappa shape index (κ1) is 20.0. The standard InChI is InChI=1S/C21H17Cl2N5O2/c22-16-8-3-1-6-14(16)12-24-20-26-21(25-13-15-7-2-4-9-17(15)23)28(27-20)19(29)18-10-5-11-30-18/h1-11H,12-13H2,(H2,24,25,26,27). The minimum Gasteiger partial charge on any atom is -0.459 e. The number of halogens is 2. The number of rotatable bonds is 7. The molecule has 9 heteroatoms. The molecule has 0 bridgehead atoms. The van der Waals surface area contributed by atoms with Crippen LogP contribution in [0.5, 0.6) is 0 Å². The van der Waals surface area contributed by atoms with Crippen LogP contribution in [0.3, 0.4) is 0 Å². The summed E-state index contributed by atoms with van der Waals surface area (Å²) in [4.78, 5) is 17.2. The highest BCUT2D eigenvalue weighted by Gasteiger charge is 2.20. The number of hydrogen-bond acceptors (Lipinski definition) is 6. The molecule has 4 aromatic rings. The summed E-state index contributed by atoms with van der Waals surface area (Å²) >= 11 is 12.4. The van der Waals surface area contributed by atoms with E-state index in [9.17, 15) is 4.79 Å². The van der Waals surface area contributed by atoms with Gasteiger partial charge in [-0.25, -0.2) is 0 Å². The number of carbonyl (C=O) groups is 1. The maximum Gasteiger partial charge on any atom is 0.317 e. The summed E-state index contributed by atoms with van der Waals surface area (Å²) in [6, 6.07) is 18.1. The molecule has 4 rings (SSSR count). The molecule has 0 aliphatic rings. The second-order valence-corrected chi connectivity index (χ2v) is 7.16. The van der Waals surface area contributed by atoms with Gasteiger partial charge in [0.25, 0.3) is 0 Å². The highest BCUT2D eigenvalue weighted by atomic mass is 35.5. The highest BCUT2D eigenvalue weighted by molar-refractivity contribution is 6.31. The first-order valence-corrected chi connectivity index (χ1v) is 9.87. The summed E-state index contributed by atoms with van der Waals surface area (Å²) in [5.41, 5.74) is 1.75. The van der Waals surface area contributed by atoms with Crippen molar-refractivity contribution in [2.45, 2.75) is 13.1 Å². The maximum absolute atomic E-state index is 12.8. The third-order valence-corrected chi connectivity index (χ3v) is 5.06. The van der Waals surface area contributed by atoms with Gasteiger partial charge in [0.1, 0.15) is 0 Å². The van der Waals surface area contributed by atoms with Crippen molar-refractivity contribution in [2.75, 3.05) is 10.6 Å². The summed E-state index contributed by atoms with van der Waals surface area (Å²) in [5.74, 6) is 0.243. The number of carbonyl (C=O) groups excluding carboxylic acids is 1. The fourth-order valence-electron chi connectivity index (χ4n) is 2.78. The zero-order valence-corrected chi connectivity index (χ0v) is 17.2. The van der Waals surface area contributed by atoms with Crippen LogP contribution in [0.15, 0.2) is 71.3 Å². The molecule has 0 spiro atoms. The van der Waals surface area contributed by atoms with Gasteiger partial charge in [-0.1, -0.05) is 59.6 Å². The topological polar surface area (TPSA) is 85.0 Å². The van der Waals surface area contributed by atoms with Gasteiger partial charge in [-0.15, -0.1) is 5.10 Å². The lowest BCUT2D eigenvalue weighted by Crippen LogP contribution is -2.17. The van der Waals surface area contributed by atoms with Crippen LogP contribution in [-0.4, -0.2) is 20.7 Å². The van der Waals surface area contributed by atoms with Gasteiger partial charge in [-0.05, 0) is 35.4 Å². The Balaban J connectivity index is 1.57. The van der Waals surface area contributed by atoms with Crippen LogP contribution in [0.1, 0.15) is 21.7 Å². The predicted octanol–water partition coefficient (Wildman–Crippen LogP) is 5.09. The van der Waals surface area contributed by atoms with Crippen molar-refractivity contribution in [3.63, 3.8) is 0 Å². The van der Waals surface area contributed by atoms with Crippen LogP contribution in [0.2, 0.25) is 10.0 Å². The fourth-order valence-corrected chi connectivity index (χ4v) is 3.18. The lowest BCUT2D eigenvalue weighted by atomic mass is 10.2. The molecule has 30 heavy (non-hydrogen) atoms. The number of benzene rings is 2. The second kappa shape index (κ2) is 9.02. The molecule has 0 saturated carbocycles. The minimum absolute atomic E-state index is 0.151. The van der Waals surface area contributed by atoms with Crippen molar-refractivity contribution in [1.82, 2.24) is 14.8 Å². The molecule has 2 aromatic heterocycles. The zero-order valence-electron chi connectivity index (χ0n) is 15.7. The third kappa shape index (κ3) is 4.48. The molecule has 2 N–H and O–H groups in total. The molecule has 0 fully saturated rings. The van der Waals surface area contributed by atoms with Gasteiger partial charge in [0.05, 0.1) is 6.26 Å². The van der Waals surface area contributed by atoms with Crippen molar-refractivity contribution >= 4 is 41.0 Å². The van der Waals surface area contributed by atoms with E-state index in [2.05, 4.69) is 20.7 Å². The Morgan fingerprint density at radius 3 is 2.13 bits per heavy atom. The van der Waals surface area contributed by atoms with E-state index in [0.717, 1.165) is 15.8 Å². The lowest BCUT2D eigenvalue weighted by molar-refractivity contribution is 0.0920. The van der Waals surface area contributed by atoms with Gasteiger partial charge < -0.3 is 15.1 Å². The highest BCUT2D eigenvalue weighted by Crippen LogP contribution is 2.20. The van der Waals surface area contributed by atoms with E-state index < -0.39 is 5.91 Å². The van der Waals surface area contributed by atoms with Gasteiger partial charge in [0.2, 0.25) is 11.9 Å². The van der Waals surface area contributed by atoms with E-state index in [4.69, 9.17) is 27.6 Å². The molecular formula is C21H17Cl2N5O2. The largest absolute Gasteiger partial charge is 0.459 e. The van der Waals surface area contributed by atoms with Crippen molar-refractivity contribution in [2.24, 2.45) is 0 Å². The quantitative estimate of drug-likeness (QED) is 0.415. The van der Waals surface area contributed by atoms with E-state index in [1.807, 2.05) is 42.5 Å². The van der Waals surface area contributed by atoms with Crippen molar-refractivity contribution in [3.05, 3.63) is 93.9 Å². The van der Waals surface area contributed by atoms with Crippen LogP contribution in [0.25, 0.3) is 0 Å². The Bertz CT molecular complexity index is 1160. The molecule has 2 aromatic carbocycles. The first-order chi connectivity index (χ1) is 14.6. The number of aromatic nitrogens is 3. The minimum atomic E-state index is -0.444. The number of nitrogens with one attached hydrogen (secondary N) is 2. The Morgan fingerprint density at radius 1 is 0.900 bits per heavy atom. The molecule has 0 saturated heterocycles. The van der Waals surface area contributed by atoms with Crippen LogP contribution >= 0.6 is 23.2 Å². The van der Waals surface area contributed by atoms with Gasteiger partial charge in [0.15, 0.2) is 5.76 Å². The number of anilines is 2. The molecule has 2 heterocycles. The second-order valence-electron chi connectivity index (χ2n) is 6.34. The molecule has 0 radical (unpaired) electrons. The van der Waals surface area contributed by atoms with E-state index in [1.54, 1.807) is 18.2 Å². The molecule has 152 valence electrons. The van der Waals surface area contributed by atoms with Crippen LogP contribution in [-0.2, 0) is 13.1 Å². The summed E-state index contributed by atoms with van der Waals surface area (Å²) in [5, 5.41) is 11.8. The van der Waals surface area contributed by atoms with Crippen LogP contribution in [0, 0.1) is 0 Å². The maximum atomic E-state index is 12.8. The lowest BCUT2D eigenvalue weighted by Gasteiger charge is -2.07. The predicted molar refractivity (Wildman–Crippen MR) is 116 cm³/mol. The summed E-state index contributed by atoms with van der Waals surface area (Å²) in [6.07, 6.45) is 1.43. The molecule has 7 nitrogen and oxygen atoms in total. The number of hydrogen-bond donors (Lipinski definition) is 2. The van der Waals surface area contributed by atoms with E-state index in [1.165, 1.54) is 6.26 Å². The molecule has 0 unspecified atom stereocenters. The van der Waals surface area contributed by atoms with Crippen molar-refractivity contribution < 1.29 is 9.21 Å². The Morgan fingerprint density at radius 2 is 1.53 bits per heavy atom. The molecule has 0 atom stereocenters. The first-order valence-electron chi connectivity index (χ1n) is 9.11. The number of nitrogens with zero attached hydrogens (tertiary/aromatic N) is 3. The molecular weight excluding hydrogens is 425 g/mol. The average molecular weight is 442 g/mol. The van der Waals surface area contributed by atoms with E-state index in [0.29, 0.717) is 23.1 Å². The Labute approximate surface area is 182 Å². The fraction of sp³-hybridized carbons (Fsp3) is 0.0952. The van der Waals surface area contributed by atoms with Crippen LogP contribution in [0.4, 0.5) is 11.9 Å². The van der Waals surface area contributed by atoms with Crippen molar-refractivity contribution in [1.29, 1.82) is 0 Å². The van der Waals surface area contributed by atoms with Gasteiger partial charge in [0, 0.05) is 23.1 Å². The molecule has 0 amide bonds. The summed E-state index contributed by atoms with van der Waals surface area (Å²) in [6.45, 7) is 0.774. The third-order valence-electron chi connectivity index (χ3n) is 4.32. The Hall–Kier alpha value is -3.29. The smallest absolute Gasteiger partial charge is 0.317 e. The SMILES string of the molecule is O=C(c1ccco1)n1nc(NCc2ccccc2Cl)nc1NCc1ccccc1Cl.